The average Bonchev–Trinajstić information content (AvgIpc) is 1.65. The maximum atomic E-state index is 3.92. The van der Waals surface area contributed by atoms with Gasteiger partial charge in [-0.3, -0.25) is 0 Å². The fourth-order valence-electron chi connectivity index (χ4n) is 0. The molecule has 0 unspecified atom stereocenters. The Bertz CT molecular complexity index is 29.5. The van der Waals surface area contributed by atoms with Gasteiger partial charge in [0.05, 0.1) is 0 Å². The standard InChI is InChI=1S/C3H9N.C3H8S.ClH/c1-4(2)3;1-2-3-4;/h1-3H3;4H,2-3H2,1H3;1H. The lowest BCUT2D eigenvalue weighted by molar-refractivity contribution is 0.505. The molecule has 0 heterocycles. The van der Waals surface area contributed by atoms with Gasteiger partial charge in [-0.15, -0.1) is 12.4 Å². The summed E-state index contributed by atoms with van der Waals surface area (Å²) in [5.74, 6) is 1.01. The van der Waals surface area contributed by atoms with Gasteiger partial charge in [-0.25, -0.2) is 0 Å². The molecule has 0 bridgehead atoms. The molecule has 0 fully saturated rings. The quantitative estimate of drug-likeness (QED) is 0.591. The van der Waals surface area contributed by atoms with Gasteiger partial charge in [0.1, 0.15) is 0 Å². The van der Waals surface area contributed by atoms with Crippen molar-refractivity contribution < 1.29 is 0 Å². The van der Waals surface area contributed by atoms with E-state index in [0.717, 1.165) is 5.75 Å². The molecule has 0 saturated heterocycles. The summed E-state index contributed by atoms with van der Waals surface area (Å²) in [6, 6.07) is 0. The zero-order valence-corrected chi connectivity index (χ0v) is 8.43. The van der Waals surface area contributed by atoms with E-state index in [-0.39, 0.29) is 12.4 Å². The van der Waals surface area contributed by atoms with Crippen LogP contribution >= 0.6 is 25.0 Å². The summed E-state index contributed by atoms with van der Waals surface area (Å²) in [6.07, 6.45) is 1.18. The Morgan fingerprint density at radius 3 is 1.33 bits per heavy atom. The average molecular weight is 172 g/mol. The number of nitrogens with zero attached hydrogens (tertiary/aromatic N) is 1. The van der Waals surface area contributed by atoms with Crippen molar-refractivity contribution in [2.45, 2.75) is 13.3 Å². The van der Waals surface area contributed by atoms with E-state index in [1.54, 1.807) is 0 Å². The highest BCUT2D eigenvalue weighted by Crippen LogP contribution is 1.74. The molecule has 0 N–H and O–H groups in total. The summed E-state index contributed by atoms with van der Waals surface area (Å²) in [7, 11) is 6.00. The summed E-state index contributed by atoms with van der Waals surface area (Å²) >= 11 is 3.92. The summed E-state index contributed by atoms with van der Waals surface area (Å²) in [5, 5.41) is 0. The van der Waals surface area contributed by atoms with Crippen LogP contribution in [-0.2, 0) is 0 Å². The van der Waals surface area contributed by atoms with Crippen LogP contribution in [0.4, 0.5) is 0 Å². The number of halogens is 1. The summed E-state index contributed by atoms with van der Waals surface area (Å²) in [5.41, 5.74) is 0. The van der Waals surface area contributed by atoms with Crippen LogP contribution in [0.5, 0.6) is 0 Å². The number of hydrogen-bond donors (Lipinski definition) is 1. The van der Waals surface area contributed by atoms with Gasteiger partial charge in [0.2, 0.25) is 0 Å². The third kappa shape index (κ3) is 146. The molecule has 60 valence electrons. The van der Waals surface area contributed by atoms with Gasteiger partial charge in [0, 0.05) is 0 Å². The van der Waals surface area contributed by atoms with Crippen molar-refractivity contribution in [2.24, 2.45) is 0 Å². The largest absolute Gasteiger partial charge is 0.312 e. The number of hydrogen-bond acceptors (Lipinski definition) is 2. The second-order valence-corrected chi connectivity index (χ2v) is 2.51. The van der Waals surface area contributed by atoms with E-state index in [4.69, 9.17) is 0 Å². The van der Waals surface area contributed by atoms with Crippen LogP contribution in [0.15, 0.2) is 0 Å². The van der Waals surface area contributed by atoms with E-state index >= 15 is 0 Å². The molecule has 0 aromatic carbocycles. The lowest BCUT2D eigenvalue weighted by Gasteiger charge is -1.90. The van der Waals surface area contributed by atoms with Gasteiger partial charge < -0.3 is 4.90 Å². The monoisotopic (exact) mass is 171 g/mol. The third-order valence-corrected chi connectivity index (χ3v) is 0.671. The van der Waals surface area contributed by atoms with Gasteiger partial charge in [-0.1, -0.05) is 6.92 Å². The van der Waals surface area contributed by atoms with Crippen molar-refractivity contribution in [3.63, 3.8) is 0 Å². The summed E-state index contributed by atoms with van der Waals surface area (Å²) < 4.78 is 0. The van der Waals surface area contributed by atoms with Crippen molar-refractivity contribution in [3.8, 4) is 0 Å². The first-order valence-corrected chi connectivity index (χ1v) is 3.50. The van der Waals surface area contributed by atoms with Crippen LogP contribution in [0.3, 0.4) is 0 Å². The Kier molecular flexibility index (Phi) is 28.7. The molecule has 0 rings (SSSR count). The Labute approximate surface area is 70.6 Å². The van der Waals surface area contributed by atoms with Gasteiger partial charge >= 0.3 is 0 Å². The fraction of sp³-hybridized carbons (Fsp3) is 1.00. The van der Waals surface area contributed by atoms with Crippen LogP contribution in [0.1, 0.15) is 13.3 Å². The molecular weight excluding hydrogens is 154 g/mol. The fourth-order valence-corrected chi connectivity index (χ4v) is 0. The Morgan fingerprint density at radius 1 is 1.22 bits per heavy atom. The topological polar surface area (TPSA) is 3.24 Å². The Hall–Kier alpha value is 0.600. The van der Waals surface area contributed by atoms with Gasteiger partial charge in [0.25, 0.3) is 0 Å². The van der Waals surface area contributed by atoms with Crippen LogP contribution in [0.2, 0.25) is 0 Å². The molecule has 0 aliphatic heterocycles. The lowest BCUT2D eigenvalue weighted by Crippen LogP contribution is -1.99. The molecule has 0 aromatic heterocycles. The number of thiol groups is 1. The highest BCUT2D eigenvalue weighted by atomic mass is 35.5. The molecule has 9 heavy (non-hydrogen) atoms. The van der Waals surface area contributed by atoms with Gasteiger partial charge in [0.15, 0.2) is 0 Å². The molecule has 0 amide bonds. The van der Waals surface area contributed by atoms with Crippen molar-refractivity contribution >= 4 is 25.0 Å². The molecule has 0 radical (unpaired) electrons. The van der Waals surface area contributed by atoms with Crippen molar-refractivity contribution in [1.82, 2.24) is 4.90 Å². The zero-order chi connectivity index (χ0) is 6.99. The molecule has 0 atom stereocenters. The molecule has 0 aliphatic carbocycles. The predicted octanol–water partition coefficient (Wildman–Crippen LogP) is 1.93. The van der Waals surface area contributed by atoms with Crippen LogP contribution < -0.4 is 0 Å². The minimum absolute atomic E-state index is 0. The van der Waals surface area contributed by atoms with Crippen molar-refractivity contribution in [1.29, 1.82) is 0 Å². The Morgan fingerprint density at radius 2 is 1.33 bits per heavy atom. The third-order valence-electron chi connectivity index (χ3n) is 0.224. The molecule has 0 aliphatic rings. The molecule has 0 spiro atoms. The smallest absolute Gasteiger partial charge is 0.0101 e. The minimum Gasteiger partial charge on any atom is -0.312 e. The summed E-state index contributed by atoms with van der Waals surface area (Å²) in [6.45, 7) is 2.10. The van der Waals surface area contributed by atoms with E-state index in [0.29, 0.717) is 0 Å². The first kappa shape index (κ1) is 16.3. The maximum absolute atomic E-state index is 3.92. The van der Waals surface area contributed by atoms with Crippen LogP contribution in [-0.4, -0.2) is 31.8 Å². The SMILES string of the molecule is CCCS.CN(C)C.Cl. The molecule has 1 nitrogen and oxygen atoms in total. The van der Waals surface area contributed by atoms with E-state index in [2.05, 4.69) is 19.6 Å². The summed E-state index contributed by atoms with van der Waals surface area (Å²) in [4.78, 5) is 2.00. The van der Waals surface area contributed by atoms with Crippen LogP contribution in [0.25, 0.3) is 0 Å². The highest BCUT2D eigenvalue weighted by molar-refractivity contribution is 7.80. The number of rotatable bonds is 1. The molecular formula is C6H18ClNS. The van der Waals surface area contributed by atoms with E-state index < -0.39 is 0 Å². The molecule has 3 heteroatoms. The van der Waals surface area contributed by atoms with Crippen LogP contribution in [0, 0.1) is 0 Å². The molecule has 0 saturated carbocycles. The van der Waals surface area contributed by atoms with Crippen molar-refractivity contribution in [3.05, 3.63) is 0 Å². The lowest BCUT2D eigenvalue weighted by atomic mass is 10.6. The van der Waals surface area contributed by atoms with E-state index in [9.17, 15) is 0 Å². The predicted molar refractivity (Wildman–Crippen MR) is 51.0 cm³/mol. The second-order valence-electron chi connectivity index (χ2n) is 2.07. The zero-order valence-electron chi connectivity index (χ0n) is 6.72. The highest BCUT2D eigenvalue weighted by Gasteiger charge is 1.58. The second kappa shape index (κ2) is 15.8. The maximum Gasteiger partial charge on any atom is -0.0101 e. The van der Waals surface area contributed by atoms with Gasteiger partial charge in [-0.05, 0) is 33.3 Å². The molecule has 0 aromatic rings. The van der Waals surface area contributed by atoms with Gasteiger partial charge in [-0.2, -0.15) is 12.6 Å². The van der Waals surface area contributed by atoms with E-state index in [1.165, 1.54) is 6.42 Å². The Balaban J connectivity index is -0.0000000720. The first-order valence-electron chi connectivity index (χ1n) is 2.86. The van der Waals surface area contributed by atoms with Crippen molar-refractivity contribution in [2.75, 3.05) is 26.9 Å². The minimum atomic E-state index is 0. The normalized spacial score (nSPS) is 7.33. The van der Waals surface area contributed by atoms with E-state index in [1.807, 2.05) is 26.0 Å². The first-order chi connectivity index (χ1) is 3.65.